The zero-order valence-electron chi connectivity index (χ0n) is 16.1. The summed E-state index contributed by atoms with van der Waals surface area (Å²) in [7, 11) is 0. The van der Waals surface area contributed by atoms with Gasteiger partial charge in [0.15, 0.2) is 6.04 Å². The summed E-state index contributed by atoms with van der Waals surface area (Å²) in [5.41, 5.74) is 5.47. The maximum Gasteiger partial charge on any atom is 0.328 e. The van der Waals surface area contributed by atoms with Crippen molar-refractivity contribution in [3.05, 3.63) is 0 Å². The summed E-state index contributed by atoms with van der Waals surface area (Å²) >= 11 is 0. The smallest absolute Gasteiger partial charge is 0.328 e. The molecule has 0 saturated carbocycles. The molecule has 0 bridgehead atoms. The number of aliphatic hydroxyl groups is 1. The highest BCUT2D eigenvalue weighted by Crippen LogP contribution is 2.07. The van der Waals surface area contributed by atoms with Gasteiger partial charge in [0.2, 0.25) is 17.7 Å². The van der Waals surface area contributed by atoms with Gasteiger partial charge in [0.1, 0.15) is 6.04 Å². The Hall–Kier alpha value is -2.24. The van der Waals surface area contributed by atoms with E-state index in [2.05, 4.69) is 21.3 Å². The Morgan fingerprint density at radius 2 is 1.93 bits per heavy atom. The number of carbonyl (C=O) groups is 4. The highest BCUT2D eigenvalue weighted by molar-refractivity contribution is 5.92. The highest BCUT2D eigenvalue weighted by atomic mass is 16.4. The van der Waals surface area contributed by atoms with Gasteiger partial charge in [0.25, 0.3) is 0 Å². The SMILES string of the molecule is CC(O)C(NC(=O)CNC(=O)C(CCCCN)NC(=O)C1CCCN1)C(=O)O. The zero-order valence-corrected chi connectivity index (χ0v) is 16.1. The van der Waals surface area contributed by atoms with Crippen LogP contribution in [0.15, 0.2) is 0 Å². The lowest BCUT2D eigenvalue weighted by atomic mass is 10.1. The van der Waals surface area contributed by atoms with E-state index in [1.807, 2.05) is 0 Å². The Morgan fingerprint density at radius 1 is 1.21 bits per heavy atom. The van der Waals surface area contributed by atoms with Crippen LogP contribution in [0.4, 0.5) is 0 Å². The minimum Gasteiger partial charge on any atom is -0.480 e. The molecule has 1 saturated heterocycles. The molecule has 4 atom stereocenters. The van der Waals surface area contributed by atoms with Gasteiger partial charge in [-0.1, -0.05) is 0 Å². The molecular weight excluding hydrogens is 370 g/mol. The van der Waals surface area contributed by atoms with Crippen LogP contribution in [0.2, 0.25) is 0 Å². The average Bonchev–Trinajstić information content (AvgIpc) is 3.17. The predicted octanol–water partition coefficient (Wildman–Crippen LogP) is -2.58. The lowest BCUT2D eigenvalue weighted by Gasteiger charge is -2.21. The summed E-state index contributed by atoms with van der Waals surface area (Å²) in [4.78, 5) is 47.6. The monoisotopic (exact) mass is 401 g/mol. The molecule has 1 aliphatic rings. The summed E-state index contributed by atoms with van der Waals surface area (Å²) < 4.78 is 0. The first kappa shape index (κ1) is 23.8. The van der Waals surface area contributed by atoms with Gasteiger partial charge in [0, 0.05) is 0 Å². The van der Waals surface area contributed by atoms with Crippen molar-refractivity contribution < 1.29 is 29.4 Å². The van der Waals surface area contributed by atoms with Crippen molar-refractivity contribution >= 4 is 23.7 Å². The summed E-state index contributed by atoms with van der Waals surface area (Å²) in [6, 6.07) is -2.63. The molecule has 28 heavy (non-hydrogen) atoms. The van der Waals surface area contributed by atoms with E-state index in [4.69, 9.17) is 10.8 Å². The molecule has 4 unspecified atom stereocenters. The molecule has 1 aliphatic heterocycles. The number of hydrogen-bond acceptors (Lipinski definition) is 7. The molecule has 11 nitrogen and oxygen atoms in total. The fourth-order valence-electron chi connectivity index (χ4n) is 2.85. The third kappa shape index (κ3) is 8.19. The highest BCUT2D eigenvalue weighted by Gasteiger charge is 2.28. The Morgan fingerprint density at radius 3 is 2.46 bits per heavy atom. The molecule has 1 heterocycles. The van der Waals surface area contributed by atoms with Crippen LogP contribution in [0.1, 0.15) is 39.0 Å². The molecule has 0 aromatic rings. The predicted molar refractivity (Wildman–Crippen MR) is 100 cm³/mol. The maximum absolute atomic E-state index is 12.4. The lowest BCUT2D eigenvalue weighted by molar-refractivity contribution is -0.144. The molecule has 3 amide bonds. The van der Waals surface area contributed by atoms with Crippen LogP contribution in [-0.2, 0) is 19.2 Å². The number of carbonyl (C=O) groups excluding carboxylic acids is 3. The van der Waals surface area contributed by atoms with E-state index in [1.54, 1.807) is 0 Å². The van der Waals surface area contributed by atoms with Gasteiger partial charge in [-0.05, 0) is 52.1 Å². The summed E-state index contributed by atoms with van der Waals surface area (Å²) in [6.45, 7) is 1.97. The molecule has 0 aliphatic carbocycles. The van der Waals surface area contributed by atoms with Crippen molar-refractivity contribution in [3.8, 4) is 0 Å². The third-order valence-electron chi connectivity index (χ3n) is 4.44. The number of carboxylic acids is 1. The van der Waals surface area contributed by atoms with Gasteiger partial charge >= 0.3 is 5.97 Å². The first-order chi connectivity index (χ1) is 13.3. The molecule has 0 radical (unpaired) electrons. The van der Waals surface area contributed by atoms with Crippen molar-refractivity contribution in [2.24, 2.45) is 5.73 Å². The third-order valence-corrected chi connectivity index (χ3v) is 4.44. The van der Waals surface area contributed by atoms with E-state index in [1.165, 1.54) is 6.92 Å². The Kier molecular flexibility index (Phi) is 10.4. The van der Waals surface area contributed by atoms with Gasteiger partial charge in [-0.2, -0.15) is 0 Å². The van der Waals surface area contributed by atoms with Crippen LogP contribution in [0.5, 0.6) is 0 Å². The molecule has 1 fully saturated rings. The molecule has 160 valence electrons. The summed E-state index contributed by atoms with van der Waals surface area (Å²) in [5.74, 6) is -2.95. The second-order valence-corrected chi connectivity index (χ2v) is 6.84. The second kappa shape index (κ2) is 12.3. The average molecular weight is 401 g/mol. The summed E-state index contributed by atoms with van der Waals surface area (Å²) in [5, 5.41) is 28.6. The first-order valence-corrected chi connectivity index (χ1v) is 9.48. The van der Waals surface area contributed by atoms with E-state index < -0.39 is 42.5 Å². The molecule has 0 aromatic heterocycles. The van der Waals surface area contributed by atoms with E-state index in [0.29, 0.717) is 32.2 Å². The number of nitrogens with one attached hydrogen (secondary N) is 4. The summed E-state index contributed by atoms with van der Waals surface area (Å²) in [6.07, 6.45) is 1.98. The molecule has 11 heteroatoms. The Balaban J connectivity index is 2.57. The number of carboxylic acid groups (broad SMARTS) is 1. The molecule has 0 spiro atoms. The normalized spacial score (nSPS) is 19.3. The molecule has 1 rings (SSSR count). The second-order valence-electron chi connectivity index (χ2n) is 6.84. The number of hydrogen-bond donors (Lipinski definition) is 7. The maximum atomic E-state index is 12.4. The topological polar surface area (TPSA) is 183 Å². The van der Waals surface area contributed by atoms with Crippen molar-refractivity contribution in [2.75, 3.05) is 19.6 Å². The van der Waals surface area contributed by atoms with E-state index in [-0.39, 0.29) is 11.9 Å². The van der Waals surface area contributed by atoms with E-state index in [0.717, 1.165) is 13.0 Å². The van der Waals surface area contributed by atoms with Gasteiger partial charge in [-0.25, -0.2) is 4.79 Å². The number of aliphatic hydroxyl groups excluding tert-OH is 1. The molecule has 8 N–H and O–H groups in total. The Labute approximate surface area is 163 Å². The number of nitrogens with two attached hydrogens (primary N) is 1. The van der Waals surface area contributed by atoms with Crippen LogP contribution in [0.25, 0.3) is 0 Å². The zero-order chi connectivity index (χ0) is 21.1. The van der Waals surface area contributed by atoms with Crippen molar-refractivity contribution in [3.63, 3.8) is 0 Å². The first-order valence-electron chi connectivity index (χ1n) is 9.48. The number of unbranched alkanes of at least 4 members (excludes halogenated alkanes) is 1. The van der Waals surface area contributed by atoms with Crippen molar-refractivity contribution in [1.82, 2.24) is 21.3 Å². The quantitative estimate of drug-likeness (QED) is 0.174. The van der Waals surface area contributed by atoms with E-state index >= 15 is 0 Å². The van der Waals surface area contributed by atoms with Gasteiger partial charge in [0.05, 0.1) is 18.7 Å². The van der Waals surface area contributed by atoms with Gasteiger partial charge in [-0.3, -0.25) is 14.4 Å². The number of rotatable bonds is 12. The number of aliphatic carboxylic acids is 1. The van der Waals surface area contributed by atoms with Crippen LogP contribution >= 0.6 is 0 Å². The lowest BCUT2D eigenvalue weighted by Crippen LogP contribution is -2.54. The van der Waals surface area contributed by atoms with Gasteiger partial charge in [-0.15, -0.1) is 0 Å². The minimum absolute atomic E-state index is 0.269. The van der Waals surface area contributed by atoms with Gasteiger partial charge < -0.3 is 37.2 Å². The van der Waals surface area contributed by atoms with Crippen molar-refractivity contribution in [1.29, 1.82) is 0 Å². The largest absolute Gasteiger partial charge is 0.480 e. The van der Waals surface area contributed by atoms with E-state index in [9.17, 15) is 24.3 Å². The van der Waals surface area contributed by atoms with Crippen molar-refractivity contribution in [2.45, 2.75) is 63.3 Å². The Bertz CT molecular complexity index is 550. The standard InChI is InChI=1S/C17H31N5O6/c1-10(23)14(17(27)28)22-13(24)9-20-15(25)12(5-2-3-7-18)21-16(26)11-6-4-8-19-11/h10-12,14,19,23H,2-9,18H2,1H3,(H,20,25)(H,21,26)(H,22,24)(H,27,28). The van der Waals surface area contributed by atoms with Crippen LogP contribution in [0.3, 0.4) is 0 Å². The van der Waals surface area contributed by atoms with Crippen LogP contribution in [0, 0.1) is 0 Å². The van der Waals surface area contributed by atoms with Crippen LogP contribution in [-0.4, -0.2) is 77.8 Å². The molecule has 0 aromatic carbocycles. The van der Waals surface area contributed by atoms with Crippen LogP contribution < -0.4 is 27.0 Å². The molecular formula is C17H31N5O6. The fraction of sp³-hybridized carbons (Fsp3) is 0.765. The minimum atomic E-state index is -1.47. The fourth-order valence-corrected chi connectivity index (χ4v) is 2.85. The number of amides is 3.